The maximum atomic E-state index is 12.1. The summed E-state index contributed by atoms with van der Waals surface area (Å²) < 4.78 is 10.5. The lowest BCUT2D eigenvalue weighted by atomic mass is 10.1. The first-order chi connectivity index (χ1) is 11.2. The Kier molecular flexibility index (Phi) is 6.23. The van der Waals surface area contributed by atoms with Crippen LogP contribution in [0.4, 0.5) is 0 Å². The topological polar surface area (TPSA) is 90.4 Å². The van der Waals surface area contributed by atoms with E-state index in [-0.39, 0.29) is 30.3 Å². The third kappa shape index (κ3) is 4.27. The molecule has 2 atom stereocenters. The van der Waals surface area contributed by atoms with Crippen molar-refractivity contribution in [2.75, 3.05) is 7.11 Å². The van der Waals surface area contributed by atoms with Crippen LogP contribution in [0, 0.1) is 5.92 Å². The molecule has 1 amide bonds. The molecule has 3 N–H and O–H groups in total. The van der Waals surface area contributed by atoms with Crippen molar-refractivity contribution in [2.24, 2.45) is 11.7 Å². The molecule has 1 aliphatic carbocycles. The van der Waals surface area contributed by atoms with E-state index in [2.05, 4.69) is 10.5 Å². The van der Waals surface area contributed by atoms with Crippen molar-refractivity contribution in [3.63, 3.8) is 0 Å². The number of benzene rings is 1. The standard InChI is InChI=1S/C17H21N3O3.ClH/c1-22-14-4-2-3-11(8-14)16-9-15(23-20-16)10-19-17(21)12-5-6-13(18)7-12;/h2-4,8-9,12-13H,5-7,10,18H2,1H3,(H,19,21);1H/t12-,13+;/m0./s1. The molecule has 1 saturated carbocycles. The van der Waals surface area contributed by atoms with Crippen molar-refractivity contribution < 1.29 is 14.1 Å². The molecule has 0 radical (unpaired) electrons. The number of halogens is 1. The summed E-state index contributed by atoms with van der Waals surface area (Å²) in [7, 11) is 1.62. The van der Waals surface area contributed by atoms with Crippen LogP contribution in [0.3, 0.4) is 0 Å². The van der Waals surface area contributed by atoms with Gasteiger partial charge in [-0.05, 0) is 31.4 Å². The van der Waals surface area contributed by atoms with Gasteiger partial charge in [0.1, 0.15) is 11.4 Å². The van der Waals surface area contributed by atoms with Gasteiger partial charge in [-0.3, -0.25) is 4.79 Å². The Balaban J connectivity index is 0.00000208. The first kappa shape index (κ1) is 18.3. The lowest BCUT2D eigenvalue weighted by molar-refractivity contribution is -0.125. The summed E-state index contributed by atoms with van der Waals surface area (Å²) in [5, 5.41) is 6.94. The number of nitrogens with one attached hydrogen (secondary N) is 1. The highest BCUT2D eigenvalue weighted by Gasteiger charge is 2.27. The largest absolute Gasteiger partial charge is 0.497 e. The van der Waals surface area contributed by atoms with E-state index >= 15 is 0 Å². The minimum atomic E-state index is 0. The predicted molar refractivity (Wildman–Crippen MR) is 92.9 cm³/mol. The number of carbonyl (C=O) groups is 1. The summed E-state index contributed by atoms with van der Waals surface area (Å²) in [6, 6.07) is 9.57. The third-order valence-electron chi connectivity index (χ3n) is 4.21. The number of amides is 1. The van der Waals surface area contributed by atoms with Crippen LogP contribution in [-0.2, 0) is 11.3 Å². The molecule has 1 aliphatic rings. The lowest BCUT2D eigenvalue weighted by Crippen LogP contribution is -2.29. The SMILES string of the molecule is COc1cccc(-c2cc(CNC(=O)[C@H]3CC[C@@H](N)C3)on2)c1.Cl. The number of rotatable bonds is 5. The normalized spacial score (nSPS) is 19.6. The summed E-state index contributed by atoms with van der Waals surface area (Å²) in [4.78, 5) is 12.1. The van der Waals surface area contributed by atoms with Gasteiger partial charge >= 0.3 is 0 Å². The zero-order chi connectivity index (χ0) is 16.2. The first-order valence-corrected chi connectivity index (χ1v) is 7.79. The Morgan fingerprint density at radius 3 is 2.96 bits per heavy atom. The van der Waals surface area contributed by atoms with Crippen molar-refractivity contribution in [2.45, 2.75) is 31.8 Å². The van der Waals surface area contributed by atoms with Crippen LogP contribution in [0.1, 0.15) is 25.0 Å². The Hall–Kier alpha value is -2.05. The van der Waals surface area contributed by atoms with E-state index in [1.54, 1.807) is 7.11 Å². The molecular formula is C17H22ClN3O3. The minimum absolute atomic E-state index is 0. The molecule has 1 heterocycles. The summed E-state index contributed by atoms with van der Waals surface area (Å²) >= 11 is 0. The van der Waals surface area contributed by atoms with Crippen LogP contribution in [0.2, 0.25) is 0 Å². The molecule has 2 aromatic rings. The highest BCUT2D eigenvalue weighted by molar-refractivity contribution is 5.85. The molecule has 7 heteroatoms. The Labute approximate surface area is 147 Å². The molecule has 0 saturated heterocycles. The Bertz CT molecular complexity index is 689. The van der Waals surface area contributed by atoms with Gasteiger partial charge in [0.05, 0.1) is 13.7 Å². The second-order valence-corrected chi connectivity index (χ2v) is 5.90. The van der Waals surface area contributed by atoms with Crippen LogP contribution in [0.25, 0.3) is 11.3 Å². The molecule has 24 heavy (non-hydrogen) atoms. The number of carbonyl (C=O) groups excluding carboxylic acids is 1. The van der Waals surface area contributed by atoms with Crippen LogP contribution in [-0.4, -0.2) is 24.2 Å². The number of nitrogens with two attached hydrogens (primary N) is 1. The predicted octanol–water partition coefficient (Wildman–Crippen LogP) is 2.52. The average molecular weight is 352 g/mol. The van der Waals surface area contributed by atoms with E-state index in [1.807, 2.05) is 30.3 Å². The van der Waals surface area contributed by atoms with E-state index in [4.69, 9.17) is 15.0 Å². The second-order valence-electron chi connectivity index (χ2n) is 5.90. The van der Waals surface area contributed by atoms with Crippen molar-refractivity contribution in [3.05, 3.63) is 36.1 Å². The van der Waals surface area contributed by atoms with E-state index < -0.39 is 0 Å². The van der Waals surface area contributed by atoms with Crippen molar-refractivity contribution in [1.29, 1.82) is 0 Å². The highest BCUT2D eigenvalue weighted by Crippen LogP contribution is 2.25. The molecule has 0 aliphatic heterocycles. The average Bonchev–Trinajstić information content (AvgIpc) is 3.22. The molecule has 0 bridgehead atoms. The Morgan fingerprint density at radius 1 is 1.42 bits per heavy atom. The molecule has 1 aromatic carbocycles. The van der Waals surface area contributed by atoms with E-state index in [0.717, 1.165) is 36.3 Å². The van der Waals surface area contributed by atoms with Crippen LogP contribution >= 0.6 is 12.4 Å². The van der Waals surface area contributed by atoms with Crippen molar-refractivity contribution >= 4 is 18.3 Å². The molecule has 3 rings (SSSR count). The van der Waals surface area contributed by atoms with Crippen LogP contribution in [0.15, 0.2) is 34.9 Å². The number of nitrogens with zero attached hydrogens (tertiary/aromatic N) is 1. The fourth-order valence-electron chi connectivity index (χ4n) is 2.89. The molecule has 1 fully saturated rings. The van der Waals surface area contributed by atoms with Gasteiger partial charge in [-0.2, -0.15) is 0 Å². The molecule has 1 aromatic heterocycles. The second kappa shape index (κ2) is 8.17. The summed E-state index contributed by atoms with van der Waals surface area (Å²) in [5.74, 6) is 1.44. The molecule has 6 nitrogen and oxygen atoms in total. The van der Waals surface area contributed by atoms with E-state index in [9.17, 15) is 4.79 Å². The number of hydrogen-bond donors (Lipinski definition) is 2. The maximum Gasteiger partial charge on any atom is 0.223 e. The van der Waals surface area contributed by atoms with Gasteiger partial charge in [0.15, 0.2) is 5.76 Å². The quantitative estimate of drug-likeness (QED) is 0.863. The fraction of sp³-hybridized carbons (Fsp3) is 0.412. The number of methoxy groups -OCH3 is 1. The van der Waals surface area contributed by atoms with Crippen LogP contribution in [0.5, 0.6) is 5.75 Å². The lowest BCUT2D eigenvalue weighted by Gasteiger charge is -2.08. The molecule has 0 unspecified atom stereocenters. The fourth-order valence-corrected chi connectivity index (χ4v) is 2.89. The van der Waals surface area contributed by atoms with Gasteiger partial charge in [-0.25, -0.2) is 0 Å². The van der Waals surface area contributed by atoms with Crippen molar-refractivity contribution in [1.82, 2.24) is 10.5 Å². The highest BCUT2D eigenvalue weighted by atomic mass is 35.5. The van der Waals surface area contributed by atoms with Gasteiger partial charge in [-0.1, -0.05) is 17.3 Å². The number of ether oxygens (including phenoxy) is 1. The monoisotopic (exact) mass is 351 g/mol. The smallest absolute Gasteiger partial charge is 0.223 e. The number of aromatic nitrogens is 1. The van der Waals surface area contributed by atoms with E-state index in [0.29, 0.717) is 12.3 Å². The van der Waals surface area contributed by atoms with Gasteiger partial charge in [0.2, 0.25) is 5.91 Å². The first-order valence-electron chi connectivity index (χ1n) is 7.79. The zero-order valence-corrected chi connectivity index (χ0v) is 14.3. The van der Waals surface area contributed by atoms with Crippen molar-refractivity contribution in [3.8, 4) is 17.0 Å². The van der Waals surface area contributed by atoms with Gasteiger partial charge in [0.25, 0.3) is 0 Å². The zero-order valence-electron chi connectivity index (χ0n) is 13.5. The summed E-state index contributed by atoms with van der Waals surface area (Å²) in [6.07, 6.45) is 2.54. The summed E-state index contributed by atoms with van der Waals surface area (Å²) in [5.41, 5.74) is 7.47. The van der Waals surface area contributed by atoms with Gasteiger partial charge < -0.3 is 20.3 Å². The molecule has 0 spiro atoms. The molecular weight excluding hydrogens is 330 g/mol. The Morgan fingerprint density at radius 2 is 2.25 bits per heavy atom. The maximum absolute atomic E-state index is 12.1. The van der Waals surface area contributed by atoms with Gasteiger partial charge in [-0.15, -0.1) is 12.4 Å². The third-order valence-corrected chi connectivity index (χ3v) is 4.21. The van der Waals surface area contributed by atoms with Gasteiger partial charge in [0, 0.05) is 23.6 Å². The number of hydrogen-bond acceptors (Lipinski definition) is 5. The van der Waals surface area contributed by atoms with Crippen LogP contribution < -0.4 is 15.8 Å². The minimum Gasteiger partial charge on any atom is -0.497 e. The molecule has 130 valence electrons. The summed E-state index contributed by atoms with van der Waals surface area (Å²) in [6.45, 7) is 0.335. The van der Waals surface area contributed by atoms with E-state index in [1.165, 1.54) is 0 Å².